The predicted molar refractivity (Wildman–Crippen MR) is 89.5 cm³/mol. The Balaban J connectivity index is 2.60. The fourth-order valence-corrected chi connectivity index (χ4v) is 1.41. The maximum Gasteiger partial charge on any atom is 0.343 e. The summed E-state index contributed by atoms with van der Waals surface area (Å²) in [6, 6.07) is 5.63. The molecule has 0 saturated carbocycles. The number of halogens is 1. The Hall–Kier alpha value is -3.14. The highest BCUT2D eigenvalue weighted by molar-refractivity contribution is 5.90. The van der Waals surface area contributed by atoms with Crippen molar-refractivity contribution in [2.24, 2.45) is 0 Å². The lowest BCUT2D eigenvalue weighted by molar-refractivity contribution is 0.0638. The van der Waals surface area contributed by atoms with Gasteiger partial charge in [0.2, 0.25) is 0 Å². The molecule has 1 N–H and O–H groups in total. The number of phenolic OH excluding ortho intramolecular Hbond substituents is 1. The summed E-state index contributed by atoms with van der Waals surface area (Å²) >= 11 is 0. The highest BCUT2D eigenvalue weighted by Crippen LogP contribution is 2.14. The van der Waals surface area contributed by atoms with Crippen molar-refractivity contribution in [3.8, 4) is 5.75 Å². The van der Waals surface area contributed by atoms with E-state index in [0.717, 1.165) is 0 Å². The Bertz CT molecular complexity index is 707. The first kappa shape index (κ1) is 17.9. The molecule has 0 radical (unpaired) electrons. The predicted octanol–water partition coefficient (Wildman–Crippen LogP) is 4.77. The molecule has 1 aromatic rings. The monoisotopic (exact) mass is 312 g/mol. The Morgan fingerprint density at radius 3 is 2.00 bits per heavy atom. The van der Waals surface area contributed by atoms with E-state index in [2.05, 4.69) is 26.3 Å². The van der Waals surface area contributed by atoms with Gasteiger partial charge in [0.25, 0.3) is 0 Å². The number of allylic oxidation sites excluding steroid dienone is 7. The van der Waals surface area contributed by atoms with Crippen molar-refractivity contribution in [1.82, 2.24) is 0 Å². The molecule has 0 amide bonds. The van der Waals surface area contributed by atoms with Crippen molar-refractivity contribution in [3.63, 3.8) is 0 Å². The van der Waals surface area contributed by atoms with Crippen LogP contribution in [0.1, 0.15) is 10.4 Å². The summed E-state index contributed by atoms with van der Waals surface area (Å²) < 4.78 is 17.6. The average molecular weight is 312 g/mol. The summed E-state index contributed by atoms with van der Waals surface area (Å²) in [7, 11) is 0. The Morgan fingerprint density at radius 2 is 1.48 bits per heavy atom. The van der Waals surface area contributed by atoms with Crippen molar-refractivity contribution < 1.29 is 19.0 Å². The number of rotatable bonds is 7. The number of aromatic hydroxyl groups is 1. The van der Waals surface area contributed by atoms with Gasteiger partial charge in [-0.2, -0.15) is 0 Å². The van der Waals surface area contributed by atoms with Gasteiger partial charge in [-0.15, -0.1) is 0 Å². The molecule has 0 aliphatic carbocycles. The molecule has 0 unspecified atom stereocenters. The number of ether oxygens (including phenoxy) is 1. The molecule has 118 valence electrons. The summed E-state index contributed by atoms with van der Waals surface area (Å²) in [6.45, 7) is 14.2. The van der Waals surface area contributed by atoms with E-state index in [0.29, 0.717) is 11.1 Å². The van der Waals surface area contributed by atoms with E-state index in [4.69, 9.17) is 9.84 Å². The molecule has 23 heavy (non-hydrogen) atoms. The number of carbonyl (C=O) groups excluding carboxylic acids is 1. The second-order valence-electron chi connectivity index (χ2n) is 4.57. The van der Waals surface area contributed by atoms with Gasteiger partial charge in [-0.25, -0.2) is 9.18 Å². The van der Waals surface area contributed by atoms with Crippen molar-refractivity contribution in [2.75, 3.05) is 0 Å². The topological polar surface area (TPSA) is 46.5 Å². The maximum atomic E-state index is 12.5. The molecular weight excluding hydrogens is 295 g/mol. The first-order valence-electron chi connectivity index (χ1n) is 6.58. The van der Waals surface area contributed by atoms with Crippen LogP contribution in [-0.2, 0) is 4.74 Å². The number of carbonyl (C=O) groups is 1. The van der Waals surface area contributed by atoms with E-state index in [9.17, 15) is 9.18 Å². The van der Waals surface area contributed by atoms with E-state index in [-0.39, 0.29) is 17.1 Å². The van der Waals surface area contributed by atoms with Crippen molar-refractivity contribution >= 4 is 5.97 Å². The molecule has 1 aromatic carbocycles. The molecule has 0 spiro atoms. The molecular formula is C19H17FO3. The normalized spacial score (nSPS) is 10.7. The fourth-order valence-electron chi connectivity index (χ4n) is 1.41. The molecule has 0 fully saturated rings. The number of esters is 1. The molecule has 0 aliphatic heterocycles. The molecule has 0 saturated heterocycles. The van der Waals surface area contributed by atoms with Crippen LogP contribution in [0.2, 0.25) is 0 Å². The van der Waals surface area contributed by atoms with Gasteiger partial charge >= 0.3 is 5.97 Å². The van der Waals surface area contributed by atoms with Crippen molar-refractivity contribution in [1.29, 1.82) is 0 Å². The van der Waals surface area contributed by atoms with Gasteiger partial charge in [0.1, 0.15) is 17.3 Å². The fraction of sp³-hybridized carbons (Fsp3) is 0. The van der Waals surface area contributed by atoms with Gasteiger partial charge in [0.15, 0.2) is 0 Å². The third kappa shape index (κ3) is 6.44. The van der Waals surface area contributed by atoms with Crippen LogP contribution in [0.15, 0.2) is 97.6 Å². The van der Waals surface area contributed by atoms with E-state index in [1.807, 2.05) is 0 Å². The zero-order valence-electron chi connectivity index (χ0n) is 12.6. The Kier molecular flexibility index (Phi) is 6.49. The van der Waals surface area contributed by atoms with Gasteiger partial charge in [0.05, 0.1) is 5.56 Å². The number of benzene rings is 1. The molecule has 0 aliphatic rings. The minimum absolute atomic E-state index is 0.0547. The molecule has 1 rings (SSSR count). The SMILES string of the molecule is C=C(F)/C=C\C(=C)C(=C)/C=C\C(=C)OC(=O)c1ccc(O)cc1. The Labute approximate surface area is 134 Å². The van der Waals surface area contributed by atoms with Crippen LogP contribution in [0.3, 0.4) is 0 Å². The van der Waals surface area contributed by atoms with Gasteiger partial charge in [-0.1, -0.05) is 38.5 Å². The van der Waals surface area contributed by atoms with Crippen LogP contribution >= 0.6 is 0 Å². The molecule has 0 aromatic heterocycles. The smallest absolute Gasteiger partial charge is 0.343 e. The average Bonchev–Trinajstić information content (AvgIpc) is 2.50. The van der Waals surface area contributed by atoms with Gasteiger partial charge in [-0.3, -0.25) is 0 Å². The third-order valence-electron chi connectivity index (χ3n) is 2.68. The zero-order chi connectivity index (χ0) is 17.4. The first-order chi connectivity index (χ1) is 10.8. The highest BCUT2D eigenvalue weighted by Gasteiger charge is 2.07. The van der Waals surface area contributed by atoms with E-state index < -0.39 is 11.8 Å². The van der Waals surface area contributed by atoms with E-state index in [1.54, 1.807) is 6.08 Å². The zero-order valence-corrected chi connectivity index (χ0v) is 12.6. The third-order valence-corrected chi connectivity index (χ3v) is 2.68. The summed E-state index contributed by atoms with van der Waals surface area (Å²) in [5.41, 5.74) is 1.27. The van der Waals surface area contributed by atoms with Crippen molar-refractivity contribution in [2.45, 2.75) is 0 Å². The van der Waals surface area contributed by atoms with Crippen LogP contribution in [0.4, 0.5) is 4.39 Å². The Morgan fingerprint density at radius 1 is 0.957 bits per heavy atom. The minimum atomic E-state index is -0.599. The number of hydrogen-bond acceptors (Lipinski definition) is 3. The van der Waals surface area contributed by atoms with Crippen LogP contribution in [-0.4, -0.2) is 11.1 Å². The van der Waals surface area contributed by atoms with Gasteiger partial charge < -0.3 is 9.84 Å². The molecule has 0 heterocycles. The standard InChI is InChI=1S/C19H17FO3/c1-13(5-7-15(3)20)14(2)6-8-16(4)23-19(22)17-9-11-18(21)12-10-17/h5-12,21H,1-4H2/b7-5-,8-6-. The van der Waals surface area contributed by atoms with Gasteiger partial charge in [0, 0.05) is 0 Å². The maximum absolute atomic E-state index is 12.5. The first-order valence-corrected chi connectivity index (χ1v) is 6.58. The second kappa shape index (κ2) is 8.34. The van der Waals surface area contributed by atoms with E-state index >= 15 is 0 Å². The number of phenols is 1. The number of hydrogen-bond donors (Lipinski definition) is 1. The van der Waals surface area contributed by atoms with Gasteiger partial charge in [-0.05, 0) is 47.6 Å². The minimum Gasteiger partial charge on any atom is -0.508 e. The van der Waals surface area contributed by atoms with Crippen molar-refractivity contribution in [3.05, 3.63) is 103 Å². The van der Waals surface area contributed by atoms with E-state index in [1.165, 1.54) is 42.5 Å². The molecule has 0 bridgehead atoms. The summed E-state index contributed by atoms with van der Waals surface area (Å²) in [5.74, 6) is -1.03. The second-order valence-corrected chi connectivity index (χ2v) is 4.57. The molecule has 4 heteroatoms. The summed E-state index contributed by atoms with van der Waals surface area (Å²) in [4.78, 5) is 11.8. The summed E-state index contributed by atoms with van der Waals surface area (Å²) in [5, 5.41) is 9.16. The lowest BCUT2D eigenvalue weighted by Gasteiger charge is -2.04. The highest BCUT2D eigenvalue weighted by atomic mass is 19.1. The quantitative estimate of drug-likeness (QED) is 0.448. The summed E-state index contributed by atoms with van der Waals surface area (Å²) in [6.07, 6.45) is 5.59. The van der Waals surface area contributed by atoms with Crippen LogP contribution in [0, 0.1) is 0 Å². The molecule has 0 atom stereocenters. The largest absolute Gasteiger partial charge is 0.508 e. The van der Waals surface area contributed by atoms with Crippen LogP contribution < -0.4 is 0 Å². The van der Waals surface area contributed by atoms with Crippen LogP contribution in [0.5, 0.6) is 5.75 Å². The lowest BCUT2D eigenvalue weighted by atomic mass is 10.1. The van der Waals surface area contributed by atoms with Crippen LogP contribution in [0.25, 0.3) is 0 Å². The lowest BCUT2D eigenvalue weighted by Crippen LogP contribution is -2.03. The molecule has 3 nitrogen and oxygen atoms in total.